The Hall–Kier alpha value is -1.50. The summed E-state index contributed by atoms with van der Waals surface area (Å²) in [5.74, 6) is 0.0462. The van der Waals surface area contributed by atoms with Gasteiger partial charge in [0.15, 0.2) is 10.9 Å². The number of ketones is 1. The molecule has 6 heteroatoms. The van der Waals surface area contributed by atoms with Crippen LogP contribution in [0.4, 0.5) is 5.69 Å². The molecule has 1 aromatic rings. The Morgan fingerprint density at radius 1 is 1.38 bits per heavy atom. The van der Waals surface area contributed by atoms with Crippen LogP contribution in [-0.4, -0.2) is 55.2 Å². The zero-order valence-corrected chi connectivity index (χ0v) is 13.0. The summed E-state index contributed by atoms with van der Waals surface area (Å²) >= 11 is 5.26. The third-order valence-corrected chi connectivity index (χ3v) is 3.59. The lowest BCUT2D eigenvalue weighted by Crippen LogP contribution is -2.42. The van der Waals surface area contributed by atoms with Crippen LogP contribution in [0.2, 0.25) is 0 Å². The number of Topliss-reactive ketones (excluding diaryl/α,β-unsaturated/α-hetero) is 1. The second kappa shape index (κ2) is 8.07. The van der Waals surface area contributed by atoms with Gasteiger partial charge in [0.05, 0.1) is 13.2 Å². The van der Waals surface area contributed by atoms with Crippen LogP contribution in [0, 0.1) is 0 Å². The maximum atomic E-state index is 11.3. The predicted molar refractivity (Wildman–Crippen MR) is 87.9 cm³/mol. The Morgan fingerprint density at radius 3 is 2.86 bits per heavy atom. The number of ether oxygens (including phenoxy) is 1. The number of nitrogens with one attached hydrogen (secondary N) is 2. The predicted octanol–water partition coefficient (Wildman–Crippen LogP) is 1.51. The summed E-state index contributed by atoms with van der Waals surface area (Å²) in [5.41, 5.74) is 1.50. The fraction of sp³-hybridized carbons (Fsp3) is 0.467. The second-order valence-corrected chi connectivity index (χ2v) is 5.38. The van der Waals surface area contributed by atoms with Crippen molar-refractivity contribution in [2.45, 2.75) is 6.92 Å². The van der Waals surface area contributed by atoms with E-state index in [-0.39, 0.29) is 5.78 Å². The zero-order chi connectivity index (χ0) is 15.1. The van der Waals surface area contributed by atoms with Crippen molar-refractivity contribution in [2.75, 3.05) is 44.7 Å². The van der Waals surface area contributed by atoms with Crippen LogP contribution >= 0.6 is 12.2 Å². The first-order chi connectivity index (χ1) is 10.1. The van der Waals surface area contributed by atoms with Gasteiger partial charge in [0, 0.05) is 37.4 Å². The summed E-state index contributed by atoms with van der Waals surface area (Å²) in [6, 6.07) is 7.33. The van der Waals surface area contributed by atoms with Crippen LogP contribution in [0.3, 0.4) is 0 Å². The number of anilines is 1. The molecular formula is C15H21N3O2S. The zero-order valence-electron chi connectivity index (χ0n) is 12.2. The van der Waals surface area contributed by atoms with Crippen LogP contribution in [0.15, 0.2) is 24.3 Å². The Morgan fingerprint density at radius 2 is 2.14 bits per heavy atom. The van der Waals surface area contributed by atoms with E-state index in [1.54, 1.807) is 19.1 Å². The molecule has 0 saturated carbocycles. The molecule has 0 unspecified atom stereocenters. The molecule has 2 N–H and O–H groups in total. The van der Waals surface area contributed by atoms with Crippen molar-refractivity contribution in [3.8, 4) is 0 Å². The largest absolute Gasteiger partial charge is 0.379 e. The average Bonchev–Trinajstić information content (AvgIpc) is 2.48. The smallest absolute Gasteiger partial charge is 0.170 e. The highest BCUT2D eigenvalue weighted by Crippen LogP contribution is 2.10. The van der Waals surface area contributed by atoms with Gasteiger partial charge in [-0.05, 0) is 31.3 Å². The molecular weight excluding hydrogens is 286 g/mol. The van der Waals surface area contributed by atoms with Gasteiger partial charge < -0.3 is 15.4 Å². The summed E-state index contributed by atoms with van der Waals surface area (Å²) < 4.78 is 5.31. The van der Waals surface area contributed by atoms with Gasteiger partial charge in [-0.3, -0.25) is 9.69 Å². The number of nitrogens with zero attached hydrogens (tertiary/aromatic N) is 1. The lowest BCUT2D eigenvalue weighted by molar-refractivity contribution is 0.0389. The van der Waals surface area contributed by atoms with E-state index < -0.39 is 0 Å². The fourth-order valence-electron chi connectivity index (χ4n) is 2.14. The number of rotatable bonds is 5. The number of carbonyl (C=O) groups excluding carboxylic acids is 1. The van der Waals surface area contributed by atoms with Crippen LogP contribution < -0.4 is 10.6 Å². The molecule has 21 heavy (non-hydrogen) atoms. The molecule has 0 aliphatic carbocycles. The monoisotopic (exact) mass is 307 g/mol. The lowest BCUT2D eigenvalue weighted by Gasteiger charge is -2.26. The molecule has 1 heterocycles. The minimum absolute atomic E-state index is 0.0462. The fourth-order valence-corrected chi connectivity index (χ4v) is 2.36. The Balaban J connectivity index is 1.73. The molecule has 1 aromatic carbocycles. The van der Waals surface area contributed by atoms with Gasteiger partial charge in [-0.2, -0.15) is 0 Å². The summed E-state index contributed by atoms with van der Waals surface area (Å²) in [6.45, 7) is 6.85. The molecule has 0 amide bonds. The lowest BCUT2D eigenvalue weighted by atomic mass is 10.1. The van der Waals surface area contributed by atoms with Crippen molar-refractivity contribution in [3.63, 3.8) is 0 Å². The quantitative estimate of drug-likeness (QED) is 0.635. The molecule has 1 aliphatic rings. The van der Waals surface area contributed by atoms with Crippen molar-refractivity contribution in [3.05, 3.63) is 29.8 Å². The molecule has 0 bridgehead atoms. The number of carbonyl (C=O) groups is 1. The third-order valence-electron chi connectivity index (χ3n) is 3.34. The minimum atomic E-state index is 0.0462. The van der Waals surface area contributed by atoms with Crippen molar-refractivity contribution in [2.24, 2.45) is 0 Å². The van der Waals surface area contributed by atoms with Crippen molar-refractivity contribution >= 4 is 28.8 Å². The van der Waals surface area contributed by atoms with Gasteiger partial charge in [-0.15, -0.1) is 0 Å². The molecule has 1 saturated heterocycles. The summed E-state index contributed by atoms with van der Waals surface area (Å²) in [4.78, 5) is 13.7. The van der Waals surface area contributed by atoms with Crippen LogP contribution in [0.25, 0.3) is 0 Å². The van der Waals surface area contributed by atoms with E-state index in [1.165, 1.54) is 0 Å². The van der Waals surface area contributed by atoms with Crippen molar-refractivity contribution in [1.29, 1.82) is 0 Å². The van der Waals surface area contributed by atoms with Gasteiger partial charge >= 0.3 is 0 Å². The van der Waals surface area contributed by atoms with Gasteiger partial charge in [0.1, 0.15) is 0 Å². The highest BCUT2D eigenvalue weighted by atomic mass is 32.1. The highest BCUT2D eigenvalue weighted by Gasteiger charge is 2.09. The number of benzene rings is 1. The normalized spacial score (nSPS) is 15.5. The molecule has 5 nitrogen and oxygen atoms in total. The van der Waals surface area contributed by atoms with E-state index in [2.05, 4.69) is 15.5 Å². The molecule has 0 aromatic heterocycles. The first-order valence-corrected chi connectivity index (χ1v) is 7.52. The van der Waals surface area contributed by atoms with Crippen LogP contribution in [0.5, 0.6) is 0 Å². The van der Waals surface area contributed by atoms with E-state index in [9.17, 15) is 4.79 Å². The molecule has 1 fully saturated rings. The molecule has 0 spiro atoms. The van der Waals surface area contributed by atoms with Gasteiger partial charge in [0.25, 0.3) is 0 Å². The average molecular weight is 307 g/mol. The van der Waals surface area contributed by atoms with E-state index in [1.807, 2.05) is 12.1 Å². The Labute approximate surface area is 130 Å². The van der Waals surface area contributed by atoms with Crippen LogP contribution in [0.1, 0.15) is 17.3 Å². The minimum Gasteiger partial charge on any atom is -0.379 e. The first kappa shape index (κ1) is 15.9. The summed E-state index contributed by atoms with van der Waals surface area (Å²) in [6.07, 6.45) is 0. The SMILES string of the molecule is CC(=O)c1cccc(NC(=S)NCCN2CCOCC2)c1. The second-order valence-electron chi connectivity index (χ2n) is 4.97. The third kappa shape index (κ3) is 5.41. The number of hydrogen-bond acceptors (Lipinski definition) is 4. The molecule has 114 valence electrons. The van der Waals surface area contributed by atoms with E-state index in [4.69, 9.17) is 17.0 Å². The van der Waals surface area contributed by atoms with Crippen LogP contribution in [-0.2, 0) is 4.74 Å². The van der Waals surface area contributed by atoms with Crippen molar-refractivity contribution in [1.82, 2.24) is 10.2 Å². The maximum absolute atomic E-state index is 11.3. The van der Waals surface area contributed by atoms with Gasteiger partial charge in [-0.25, -0.2) is 0 Å². The molecule has 1 aliphatic heterocycles. The van der Waals surface area contributed by atoms with Gasteiger partial charge in [-0.1, -0.05) is 12.1 Å². The first-order valence-electron chi connectivity index (χ1n) is 7.11. The standard InChI is InChI=1S/C15H21N3O2S/c1-12(19)13-3-2-4-14(11-13)17-15(21)16-5-6-18-7-9-20-10-8-18/h2-4,11H,5-10H2,1H3,(H2,16,17,21). The molecule has 0 radical (unpaired) electrons. The van der Waals surface area contributed by atoms with Gasteiger partial charge in [0.2, 0.25) is 0 Å². The van der Waals surface area contributed by atoms with E-state index >= 15 is 0 Å². The number of morpholine rings is 1. The topological polar surface area (TPSA) is 53.6 Å². The summed E-state index contributed by atoms with van der Waals surface area (Å²) in [7, 11) is 0. The van der Waals surface area contributed by atoms with Crippen molar-refractivity contribution < 1.29 is 9.53 Å². The molecule has 2 rings (SSSR count). The Bertz CT molecular complexity index is 501. The van der Waals surface area contributed by atoms with E-state index in [0.717, 1.165) is 45.1 Å². The number of hydrogen-bond donors (Lipinski definition) is 2. The molecule has 0 atom stereocenters. The van der Waals surface area contributed by atoms with E-state index in [0.29, 0.717) is 10.7 Å². The highest BCUT2D eigenvalue weighted by molar-refractivity contribution is 7.80. The summed E-state index contributed by atoms with van der Waals surface area (Å²) in [5, 5.41) is 6.85. The number of thiocarbonyl (C=S) groups is 1. The Kier molecular flexibility index (Phi) is 6.10. The maximum Gasteiger partial charge on any atom is 0.170 e.